The van der Waals surface area contributed by atoms with Crippen molar-refractivity contribution in [1.29, 1.82) is 0 Å². The lowest BCUT2D eigenvalue weighted by Crippen LogP contribution is -2.71. The van der Waals surface area contributed by atoms with E-state index in [1.54, 1.807) is 0 Å². The van der Waals surface area contributed by atoms with Crippen molar-refractivity contribution in [2.75, 3.05) is 7.11 Å². The molecule has 0 aliphatic carbocycles. The van der Waals surface area contributed by atoms with E-state index >= 15 is 0 Å². The van der Waals surface area contributed by atoms with Gasteiger partial charge in [0.15, 0.2) is 0 Å². The van der Waals surface area contributed by atoms with Crippen LogP contribution >= 0.6 is 0 Å². The van der Waals surface area contributed by atoms with E-state index in [4.69, 9.17) is 0 Å². The SMILES string of the molecule is COC(=O)c1ccc(CC(C(F)(F)F)(C(F)(F)F)C(F)(F)C(F)(F)C(F)(F)F)cc1. The summed E-state index contributed by atoms with van der Waals surface area (Å²) in [6.07, 6.45) is -25.1. The van der Waals surface area contributed by atoms with Gasteiger partial charge in [-0.1, -0.05) is 12.1 Å². The van der Waals surface area contributed by atoms with Gasteiger partial charge in [-0.15, -0.1) is 0 Å². The van der Waals surface area contributed by atoms with E-state index in [2.05, 4.69) is 4.74 Å². The molecular weight excluding hydrogens is 459 g/mol. The zero-order chi connectivity index (χ0) is 24.0. The molecule has 0 bridgehead atoms. The van der Waals surface area contributed by atoms with Crippen LogP contribution < -0.4 is 0 Å². The van der Waals surface area contributed by atoms with Gasteiger partial charge in [0.1, 0.15) is 0 Å². The second-order valence-electron chi connectivity index (χ2n) is 5.91. The molecule has 0 unspecified atom stereocenters. The Hall–Kier alpha value is -2.22. The number of hydrogen-bond donors (Lipinski definition) is 0. The zero-order valence-corrected chi connectivity index (χ0v) is 14.2. The van der Waals surface area contributed by atoms with E-state index in [1.165, 1.54) is 0 Å². The van der Waals surface area contributed by atoms with E-state index < -0.39 is 59.3 Å². The Morgan fingerprint density at radius 1 is 0.700 bits per heavy atom. The minimum atomic E-state index is -7.70. The molecule has 1 rings (SSSR count). The lowest BCUT2D eigenvalue weighted by Gasteiger charge is -2.45. The highest BCUT2D eigenvalue weighted by molar-refractivity contribution is 5.89. The Morgan fingerprint density at radius 2 is 1.10 bits per heavy atom. The molecule has 1 aromatic carbocycles. The fourth-order valence-corrected chi connectivity index (χ4v) is 2.46. The number of hydrogen-bond acceptors (Lipinski definition) is 2. The fourth-order valence-electron chi connectivity index (χ4n) is 2.46. The molecule has 0 aliphatic rings. The van der Waals surface area contributed by atoms with Crippen molar-refractivity contribution in [2.24, 2.45) is 5.41 Å². The van der Waals surface area contributed by atoms with Crippen LogP contribution in [0, 0.1) is 5.41 Å². The molecule has 0 heterocycles. The van der Waals surface area contributed by atoms with Crippen LogP contribution in [0.4, 0.5) is 57.1 Å². The van der Waals surface area contributed by atoms with Crippen LogP contribution in [0.25, 0.3) is 0 Å². The molecule has 0 atom stereocenters. The normalized spacial score (nSPS) is 14.6. The Labute approximate surface area is 158 Å². The van der Waals surface area contributed by atoms with Gasteiger partial charge in [-0.3, -0.25) is 0 Å². The summed E-state index contributed by atoms with van der Waals surface area (Å²) in [7, 11) is 0.842. The largest absolute Gasteiger partial charge is 0.465 e. The maximum atomic E-state index is 14.0. The van der Waals surface area contributed by atoms with Crippen LogP contribution in [-0.2, 0) is 11.2 Å². The highest BCUT2D eigenvalue weighted by atomic mass is 19.4. The van der Waals surface area contributed by atoms with Gasteiger partial charge in [0.2, 0.25) is 5.41 Å². The van der Waals surface area contributed by atoms with Crippen molar-refractivity contribution in [3.05, 3.63) is 35.4 Å². The number of esters is 1. The molecule has 0 saturated carbocycles. The Kier molecular flexibility index (Phi) is 6.44. The fraction of sp³-hybridized carbons (Fsp3) is 0.533. The minimum absolute atomic E-state index is 0.250. The molecule has 1 aromatic rings. The van der Waals surface area contributed by atoms with Crippen molar-refractivity contribution >= 4 is 5.97 Å². The lowest BCUT2D eigenvalue weighted by molar-refractivity contribution is -0.460. The van der Waals surface area contributed by atoms with Gasteiger partial charge >= 0.3 is 36.3 Å². The topological polar surface area (TPSA) is 26.3 Å². The van der Waals surface area contributed by atoms with Crippen LogP contribution in [0.2, 0.25) is 0 Å². The van der Waals surface area contributed by atoms with Crippen molar-refractivity contribution in [2.45, 2.75) is 36.8 Å². The molecule has 0 amide bonds. The third kappa shape index (κ3) is 3.89. The average molecular weight is 468 g/mol. The number of alkyl halides is 13. The Balaban J connectivity index is 3.79. The zero-order valence-electron chi connectivity index (χ0n) is 14.2. The monoisotopic (exact) mass is 468 g/mol. The first-order valence-corrected chi connectivity index (χ1v) is 7.30. The second kappa shape index (κ2) is 7.48. The summed E-state index contributed by atoms with van der Waals surface area (Å²) in [6, 6.07) is 1.53. The summed E-state index contributed by atoms with van der Waals surface area (Å²) < 4.78 is 175. The summed E-state index contributed by atoms with van der Waals surface area (Å²) in [4.78, 5) is 11.2. The first-order valence-electron chi connectivity index (χ1n) is 7.30. The van der Waals surface area contributed by atoms with E-state index in [0.717, 1.165) is 7.11 Å². The number of benzene rings is 1. The molecule has 2 nitrogen and oxygen atoms in total. The molecular formula is C15H9F13O2. The predicted molar refractivity (Wildman–Crippen MR) is 72.0 cm³/mol. The van der Waals surface area contributed by atoms with Crippen LogP contribution in [0.15, 0.2) is 24.3 Å². The van der Waals surface area contributed by atoms with Crippen molar-refractivity contribution in [3.8, 4) is 0 Å². The van der Waals surface area contributed by atoms with Gasteiger partial charge in [0.25, 0.3) is 0 Å². The smallest absolute Gasteiger partial charge is 0.459 e. The molecule has 15 heteroatoms. The van der Waals surface area contributed by atoms with E-state index in [0.29, 0.717) is 12.1 Å². The highest BCUT2D eigenvalue weighted by Crippen LogP contribution is 2.66. The number of methoxy groups -OCH3 is 1. The highest BCUT2D eigenvalue weighted by Gasteiger charge is 2.91. The standard InChI is InChI=1S/C15H9F13O2/c1-30-9(29)8-4-2-7(3-5-8)6-10(13(20,21)22,14(23,24)25)11(16,17)12(18,19)15(26,27)28/h2-5H,6H2,1H3. The molecule has 0 spiro atoms. The van der Waals surface area contributed by atoms with E-state index in [9.17, 15) is 61.9 Å². The number of carbonyl (C=O) groups excluding carboxylic acids is 1. The molecule has 0 radical (unpaired) electrons. The molecule has 0 saturated heterocycles. The van der Waals surface area contributed by atoms with Gasteiger partial charge in [-0.2, -0.15) is 57.1 Å². The van der Waals surface area contributed by atoms with Gasteiger partial charge < -0.3 is 4.74 Å². The van der Waals surface area contributed by atoms with E-state index in [-0.39, 0.29) is 12.1 Å². The summed E-state index contributed by atoms with van der Waals surface area (Å²) in [5.41, 5.74) is -8.65. The van der Waals surface area contributed by atoms with Gasteiger partial charge in [-0.05, 0) is 17.7 Å². The van der Waals surface area contributed by atoms with Crippen LogP contribution in [0.1, 0.15) is 15.9 Å². The van der Waals surface area contributed by atoms with Crippen LogP contribution in [0.3, 0.4) is 0 Å². The number of rotatable bonds is 5. The third-order valence-corrected chi connectivity index (χ3v) is 4.10. The van der Waals surface area contributed by atoms with Crippen molar-refractivity contribution < 1.29 is 66.6 Å². The summed E-state index contributed by atoms with van der Waals surface area (Å²) in [5.74, 6) is -16.5. The molecule has 0 N–H and O–H groups in total. The Morgan fingerprint density at radius 3 is 1.40 bits per heavy atom. The van der Waals surface area contributed by atoms with Gasteiger partial charge in [-0.25, -0.2) is 4.79 Å². The number of halogens is 13. The maximum Gasteiger partial charge on any atom is 0.459 e. The van der Waals surface area contributed by atoms with Gasteiger partial charge in [0.05, 0.1) is 12.7 Å². The first kappa shape index (κ1) is 25.8. The van der Waals surface area contributed by atoms with Crippen LogP contribution in [-0.4, -0.2) is 43.5 Å². The molecule has 172 valence electrons. The number of ether oxygens (including phenoxy) is 1. The molecule has 0 aliphatic heterocycles. The van der Waals surface area contributed by atoms with Crippen molar-refractivity contribution in [3.63, 3.8) is 0 Å². The second-order valence-corrected chi connectivity index (χ2v) is 5.91. The lowest BCUT2D eigenvalue weighted by atomic mass is 9.71. The quantitative estimate of drug-likeness (QED) is 0.394. The summed E-state index contributed by atoms with van der Waals surface area (Å²) in [6.45, 7) is 0. The molecule has 0 fully saturated rings. The summed E-state index contributed by atoms with van der Waals surface area (Å²) in [5, 5.41) is 0. The minimum Gasteiger partial charge on any atom is -0.465 e. The summed E-state index contributed by atoms with van der Waals surface area (Å²) >= 11 is 0. The van der Waals surface area contributed by atoms with Gasteiger partial charge in [0, 0.05) is 6.42 Å². The number of carbonyl (C=O) groups is 1. The first-order chi connectivity index (χ1) is 13.2. The maximum absolute atomic E-state index is 14.0. The predicted octanol–water partition coefficient (Wildman–Crippen LogP) is 5.96. The average Bonchev–Trinajstić information content (AvgIpc) is 2.55. The van der Waals surface area contributed by atoms with Crippen molar-refractivity contribution in [1.82, 2.24) is 0 Å². The Bertz CT molecular complexity index is 743. The third-order valence-electron chi connectivity index (χ3n) is 4.10. The molecule has 30 heavy (non-hydrogen) atoms. The van der Waals surface area contributed by atoms with E-state index in [1.807, 2.05) is 0 Å². The molecule has 0 aromatic heterocycles. The van der Waals surface area contributed by atoms with Crippen LogP contribution in [0.5, 0.6) is 0 Å².